The van der Waals surface area contributed by atoms with E-state index in [0.717, 1.165) is 30.0 Å². The quantitative estimate of drug-likeness (QED) is 0.879. The summed E-state index contributed by atoms with van der Waals surface area (Å²) in [6, 6.07) is 0. The van der Waals surface area contributed by atoms with Gasteiger partial charge in [0.05, 0.1) is 22.2 Å². The van der Waals surface area contributed by atoms with E-state index in [4.69, 9.17) is 5.73 Å². The molecule has 1 saturated heterocycles. The normalized spacial score (nSPS) is 24.4. The highest BCUT2D eigenvalue weighted by Gasteiger charge is 2.25. The Hall–Kier alpha value is -0.460. The fraction of sp³-hybridized carbons (Fsp3) is 0.700. The van der Waals surface area contributed by atoms with Crippen molar-refractivity contribution >= 4 is 21.2 Å². The number of thiazole rings is 1. The predicted octanol–water partition coefficient (Wildman–Crippen LogP) is 0.969. The summed E-state index contributed by atoms with van der Waals surface area (Å²) >= 11 is 1.58. The molecule has 4 nitrogen and oxygen atoms in total. The fourth-order valence-corrected chi connectivity index (χ4v) is 4.76. The van der Waals surface area contributed by atoms with Crippen LogP contribution >= 0.6 is 11.3 Å². The van der Waals surface area contributed by atoms with Crippen molar-refractivity contribution in [2.45, 2.75) is 25.8 Å². The van der Waals surface area contributed by atoms with Crippen molar-refractivity contribution < 1.29 is 8.42 Å². The van der Waals surface area contributed by atoms with Crippen LogP contribution in [-0.2, 0) is 22.8 Å². The Kier molecular flexibility index (Phi) is 3.61. The zero-order chi connectivity index (χ0) is 11.6. The van der Waals surface area contributed by atoms with Crippen molar-refractivity contribution in [1.82, 2.24) is 4.98 Å². The molecule has 0 aromatic carbocycles. The summed E-state index contributed by atoms with van der Waals surface area (Å²) in [5.41, 5.74) is 6.39. The summed E-state index contributed by atoms with van der Waals surface area (Å²) in [7, 11) is -2.80. The number of nitrogens with zero attached hydrogens (tertiary/aromatic N) is 1. The Morgan fingerprint density at radius 2 is 2.38 bits per heavy atom. The molecular formula is C10H16N2O2S2. The van der Waals surface area contributed by atoms with Gasteiger partial charge in [-0.15, -0.1) is 11.3 Å². The molecule has 1 aliphatic rings. The lowest BCUT2D eigenvalue weighted by molar-refractivity contribution is 0.483. The van der Waals surface area contributed by atoms with Crippen LogP contribution in [0.1, 0.15) is 23.5 Å². The molecule has 0 amide bonds. The zero-order valence-electron chi connectivity index (χ0n) is 9.05. The lowest BCUT2D eigenvalue weighted by Crippen LogP contribution is -2.26. The lowest BCUT2D eigenvalue weighted by Gasteiger charge is -2.20. The minimum Gasteiger partial charge on any atom is -0.325 e. The number of aromatic nitrogens is 1. The second-order valence-electron chi connectivity index (χ2n) is 4.26. The van der Waals surface area contributed by atoms with Gasteiger partial charge in [0.2, 0.25) is 0 Å². The standard InChI is InChI=1S/C10H16N2O2S2/c11-5-9-6-15-10(12-9)4-8-2-1-3-16(13,14)7-8/h6,8H,1-5,7,11H2. The number of hydrogen-bond donors (Lipinski definition) is 1. The number of nitrogens with two attached hydrogens (primary N) is 1. The first-order chi connectivity index (χ1) is 7.59. The van der Waals surface area contributed by atoms with Gasteiger partial charge >= 0.3 is 0 Å². The van der Waals surface area contributed by atoms with Gasteiger partial charge in [-0.25, -0.2) is 13.4 Å². The highest BCUT2D eigenvalue weighted by atomic mass is 32.2. The molecule has 16 heavy (non-hydrogen) atoms. The molecule has 0 bridgehead atoms. The van der Waals surface area contributed by atoms with E-state index >= 15 is 0 Å². The monoisotopic (exact) mass is 260 g/mol. The van der Waals surface area contributed by atoms with E-state index in [1.165, 1.54) is 0 Å². The molecule has 90 valence electrons. The Labute approximate surface area is 99.8 Å². The molecule has 1 aliphatic heterocycles. The first kappa shape index (κ1) is 12.0. The molecule has 6 heteroatoms. The SMILES string of the molecule is NCc1csc(CC2CCCS(=O)(=O)C2)n1. The van der Waals surface area contributed by atoms with Gasteiger partial charge in [-0.2, -0.15) is 0 Å². The molecule has 1 unspecified atom stereocenters. The van der Waals surface area contributed by atoms with Crippen LogP contribution < -0.4 is 5.73 Å². The molecule has 0 saturated carbocycles. The molecule has 1 aromatic rings. The van der Waals surface area contributed by atoms with Crippen LogP contribution in [0.15, 0.2) is 5.38 Å². The van der Waals surface area contributed by atoms with Crippen LogP contribution in [0.3, 0.4) is 0 Å². The van der Waals surface area contributed by atoms with Crippen molar-refractivity contribution in [2.75, 3.05) is 11.5 Å². The minimum absolute atomic E-state index is 0.246. The van der Waals surface area contributed by atoms with Gasteiger partial charge < -0.3 is 5.73 Å². The topological polar surface area (TPSA) is 73.1 Å². The Morgan fingerprint density at radius 1 is 1.56 bits per heavy atom. The number of rotatable bonds is 3. The molecule has 2 heterocycles. The van der Waals surface area contributed by atoms with Crippen LogP contribution in [0, 0.1) is 5.92 Å². The molecular weight excluding hydrogens is 244 g/mol. The van der Waals surface area contributed by atoms with Crippen LogP contribution in [0.4, 0.5) is 0 Å². The molecule has 0 spiro atoms. The second-order valence-corrected chi connectivity index (χ2v) is 7.43. The first-order valence-corrected chi connectivity index (χ1v) is 8.13. The van der Waals surface area contributed by atoms with Crippen LogP contribution in [0.5, 0.6) is 0 Å². The van der Waals surface area contributed by atoms with Gasteiger partial charge in [-0.3, -0.25) is 0 Å². The maximum atomic E-state index is 11.5. The van der Waals surface area contributed by atoms with Gasteiger partial charge in [-0.05, 0) is 18.8 Å². The average molecular weight is 260 g/mol. The summed E-state index contributed by atoms with van der Waals surface area (Å²) in [4.78, 5) is 4.37. The highest BCUT2D eigenvalue weighted by molar-refractivity contribution is 7.91. The molecule has 2 rings (SSSR count). The number of hydrogen-bond acceptors (Lipinski definition) is 5. The highest BCUT2D eigenvalue weighted by Crippen LogP contribution is 2.23. The third kappa shape index (κ3) is 3.02. The van der Waals surface area contributed by atoms with E-state index in [1.807, 2.05) is 5.38 Å². The van der Waals surface area contributed by atoms with E-state index in [9.17, 15) is 8.42 Å². The number of sulfone groups is 1. The largest absolute Gasteiger partial charge is 0.325 e. The van der Waals surface area contributed by atoms with Gasteiger partial charge in [-0.1, -0.05) is 0 Å². The summed E-state index contributed by atoms with van der Waals surface area (Å²) < 4.78 is 23.0. The van der Waals surface area contributed by atoms with Gasteiger partial charge in [0.1, 0.15) is 0 Å². The van der Waals surface area contributed by atoms with Crippen LogP contribution in [-0.4, -0.2) is 24.9 Å². The van der Waals surface area contributed by atoms with E-state index in [1.54, 1.807) is 11.3 Å². The molecule has 0 aliphatic carbocycles. The average Bonchev–Trinajstić information content (AvgIpc) is 2.64. The maximum Gasteiger partial charge on any atom is 0.150 e. The maximum absolute atomic E-state index is 11.5. The molecule has 0 radical (unpaired) electrons. The lowest BCUT2D eigenvalue weighted by atomic mass is 10.0. The van der Waals surface area contributed by atoms with Crippen molar-refractivity contribution in [3.05, 3.63) is 16.1 Å². The van der Waals surface area contributed by atoms with Crippen LogP contribution in [0.25, 0.3) is 0 Å². The second kappa shape index (κ2) is 4.81. The predicted molar refractivity (Wildman–Crippen MR) is 65.1 cm³/mol. The van der Waals surface area contributed by atoms with Gasteiger partial charge in [0.25, 0.3) is 0 Å². The fourth-order valence-electron chi connectivity index (χ4n) is 2.06. The zero-order valence-corrected chi connectivity index (χ0v) is 10.7. The first-order valence-electron chi connectivity index (χ1n) is 5.43. The Morgan fingerprint density at radius 3 is 3.00 bits per heavy atom. The molecule has 2 N–H and O–H groups in total. The smallest absolute Gasteiger partial charge is 0.150 e. The Bertz CT molecular complexity index is 453. The summed E-state index contributed by atoms with van der Waals surface area (Å²) in [5, 5.41) is 2.97. The van der Waals surface area contributed by atoms with E-state index in [2.05, 4.69) is 4.98 Å². The van der Waals surface area contributed by atoms with Crippen LogP contribution in [0.2, 0.25) is 0 Å². The van der Waals surface area contributed by atoms with E-state index < -0.39 is 9.84 Å². The summed E-state index contributed by atoms with van der Waals surface area (Å²) in [5.74, 6) is 0.926. The summed E-state index contributed by atoms with van der Waals surface area (Å²) in [6.07, 6.45) is 2.57. The van der Waals surface area contributed by atoms with Crippen molar-refractivity contribution in [3.8, 4) is 0 Å². The third-order valence-corrected chi connectivity index (χ3v) is 5.64. The molecule has 1 aromatic heterocycles. The van der Waals surface area contributed by atoms with E-state index in [-0.39, 0.29) is 5.92 Å². The van der Waals surface area contributed by atoms with E-state index in [0.29, 0.717) is 18.1 Å². The molecule has 1 atom stereocenters. The van der Waals surface area contributed by atoms with Crippen molar-refractivity contribution in [1.29, 1.82) is 0 Å². The molecule has 1 fully saturated rings. The van der Waals surface area contributed by atoms with Crippen molar-refractivity contribution in [3.63, 3.8) is 0 Å². The van der Waals surface area contributed by atoms with Gasteiger partial charge in [0, 0.05) is 18.3 Å². The Balaban J connectivity index is 1.99. The third-order valence-electron chi connectivity index (χ3n) is 2.83. The van der Waals surface area contributed by atoms with Crippen molar-refractivity contribution in [2.24, 2.45) is 11.7 Å². The minimum atomic E-state index is -2.80. The summed E-state index contributed by atoms with van der Waals surface area (Å²) in [6.45, 7) is 0.458. The van der Waals surface area contributed by atoms with Gasteiger partial charge in [0.15, 0.2) is 9.84 Å².